The van der Waals surface area contributed by atoms with E-state index in [-0.39, 0.29) is 30.6 Å². The quantitative estimate of drug-likeness (QED) is 0.740. The van der Waals surface area contributed by atoms with Crippen LogP contribution in [0.15, 0.2) is 24.3 Å². The molecule has 4 atom stereocenters. The Bertz CT molecular complexity index is 593. The van der Waals surface area contributed by atoms with Crippen molar-refractivity contribution < 1.29 is 23.7 Å². The summed E-state index contributed by atoms with van der Waals surface area (Å²) in [6.07, 6.45) is 2.61. The lowest BCUT2D eigenvalue weighted by Gasteiger charge is -2.31. The van der Waals surface area contributed by atoms with Crippen molar-refractivity contribution in [1.82, 2.24) is 0 Å². The van der Waals surface area contributed by atoms with Gasteiger partial charge in [0.15, 0.2) is 0 Å². The van der Waals surface area contributed by atoms with Gasteiger partial charge in [0.25, 0.3) is 0 Å². The number of esters is 1. The summed E-state index contributed by atoms with van der Waals surface area (Å²) in [5, 5.41) is 0. The van der Waals surface area contributed by atoms with E-state index in [1.54, 1.807) is 7.11 Å². The van der Waals surface area contributed by atoms with Crippen molar-refractivity contribution >= 4 is 18.4 Å². The minimum atomic E-state index is -0.652. The molecule has 1 aliphatic heterocycles. The summed E-state index contributed by atoms with van der Waals surface area (Å²) in [4.78, 5) is 12.1. The van der Waals surface area contributed by atoms with Gasteiger partial charge in [-0.15, -0.1) is 12.4 Å². The van der Waals surface area contributed by atoms with Crippen LogP contribution >= 0.6 is 12.4 Å². The standard InChI is InChI=1S/C20H29NO5.ClH/c1-13-19(25-12-15-3-4-15)18(24-10-9-17(21)20(22)26-13)11-14-5-7-16(23-2)8-6-14;/h5-8,13,15,17-19H,3-4,9-12,21H2,1-2H3;1H/t13-,17-,18+,19-;/m0./s1. The van der Waals surface area contributed by atoms with E-state index in [0.717, 1.165) is 11.3 Å². The molecular weight excluding hydrogens is 370 g/mol. The Morgan fingerprint density at radius 3 is 2.52 bits per heavy atom. The summed E-state index contributed by atoms with van der Waals surface area (Å²) in [5.41, 5.74) is 7.00. The Morgan fingerprint density at radius 1 is 1.19 bits per heavy atom. The zero-order chi connectivity index (χ0) is 18.5. The van der Waals surface area contributed by atoms with E-state index in [1.165, 1.54) is 12.8 Å². The molecule has 1 saturated heterocycles. The summed E-state index contributed by atoms with van der Waals surface area (Å²) in [6, 6.07) is 7.26. The minimum Gasteiger partial charge on any atom is -0.497 e. The second-order valence-corrected chi connectivity index (χ2v) is 7.24. The number of halogens is 1. The summed E-state index contributed by atoms with van der Waals surface area (Å²) in [7, 11) is 1.65. The van der Waals surface area contributed by atoms with E-state index in [0.29, 0.717) is 32.0 Å². The number of benzene rings is 1. The molecule has 0 radical (unpaired) electrons. The van der Waals surface area contributed by atoms with Gasteiger partial charge >= 0.3 is 5.97 Å². The maximum atomic E-state index is 12.1. The summed E-state index contributed by atoms with van der Waals surface area (Å²) >= 11 is 0. The van der Waals surface area contributed by atoms with Gasteiger partial charge in [0, 0.05) is 13.0 Å². The monoisotopic (exact) mass is 399 g/mol. The van der Waals surface area contributed by atoms with Gasteiger partial charge in [0.1, 0.15) is 24.0 Å². The van der Waals surface area contributed by atoms with Crippen molar-refractivity contribution in [2.45, 2.75) is 57.0 Å². The molecule has 27 heavy (non-hydrogen) atoms. The lowest BCUT2D eigenvalue weighted by Crippen LogP contribution is -2.44. The van der Waals surface area contributed by atoms with Gasteiger partial charge in [0.2, 0.25) is 0 Å². The number of carbonyl (C=O) groups excluding carboxylic acids is 1. The topological polar surface area (TPSA) is 80.0 Å². The Kier molecular flexibility index (Phi) is 8.35. The molecule has 1 aromatic carbocycles. The van der Waals surface area contributed by atoms with Crippen LogP contribution in [0.25, 0.3) is 0 Å². The fraction of sp³-hybridized carbons (Fsp3) is 0.650. The Balaban J connectivity index is 0.00000261. The van der Waals surface area contributed by atoms with Crippen molar-refractivity contribution in [3.63, 3.8) is 0 Å². The van der Waals surface area contributed by atoms with E-state index in [9.17, 15) is 4.79 Å². The summed E-state index contributed by atoms with van der Waals surface area (Å²) in [5.74, 6) is 1.06. The van der Waals surface area contributed by atoms with Crippen LogP contribution < -0.4 is 10.5 Å². The van der Waals surface area contributed by atoms with Crippen molar-refractivity contribution in [3.8, 4) is 5.75 Å². The third-order valence-corrected chi connectivity index (χ3v) is 5.01. The third-order valence-electron chi connectivity index (χ3n) is 5.01. The van der Waals surface area contributed by atoms with Gasteiger partial charge in [0.05, 0.1) is 19.8 Å². The number of hydrogen-bond acceptors (Lipinski definition) is 6. The van der Waals surface area contributed by atoms with Crippen molar-refractivity contribution in [2.24, 2.45) is 11.7 Å². The van der Waals surface area contributed by atoms with Crippen LogP contribution in [-0.4, -0.2) is 50.6 Å². The molecule has 1 saturated carbocycles. The van der Waals surface area contributed by atoms with Crippen molar-refractivity contribution in [1.29, 1.82) is 0 Å². The van der Waals surface area contributed by atoms with Gasteiger partial charge < -0.3 is 24.7 Å². The highest BCUT2D eigenvalue weighted by Crippen LogP contribution is 2.30. The molecule has 7 heteroatoms. The highest BCUT2D eigenvalue weighted by Gasteiger charge is 2.35. The zero-order valence-corrected chi connectivity index (χ0v) is 16.8. The Labute approximate surface area is 167 Å². The Hall–Kier alpha value is -1.34. The molecule has 0 amide bonds. The molecule has 1 heterocycles. The molecule has 3 rings (SSSR count). The summed E-state index contributed by atoms with van der Waals surface area (Å²) < 4.78 is 23.0. The molecule has 2 aliphatic rings. The van der Waals surface area contributed by atoms with Crippen LogP contribution in [0, 0.1) is 5.92 Å². The van der Waals surface area contributed by atoms with Gasteiger partial charge in [-0.1, -0.05) is 12.1 Å². The Morgan fingerprint density at radius 2 is 1.89 bits per heavy atom. The maximum absolute atomic E-state index is 12.1. The predicted molar refractivity (Wildman–Crippen MR) is 104 cm³/mol. The second-order valence-electron chi connectivity index (χ2n) is 7.24. The first-order valence-electron chi connectivity index (χ1n) is 9.39. The highest BCUT2D eigenvalue weighted by atomic mass is 35.5. The van der Waals surface area contributed by atoms with Gasteiger partial charge in [-0.25, -0.2) is 0 Å². The largest absolute Gasteiger partial charge is 0.497 e. The smallest absolute Gasteiger partial charge is 0.323 e. The lowest BCUT2D eigenvalue weighted by atomic mass is 10.00. The van der Waals surface area contributed by atoms with Gasteiger partial charge in [-0.2, -0.15) is 0 Å². The highest BCUT2D eigenvalue weighted by molar-refractivity contribution is 5.85. The molecule has 0 unspecified atom stereocenters. The maximum Gasteiger partial charge on any atom is 0.323 e. The number of hydrogen-bond donors (Lipinski definition) is 1. The number of ether oxygens (including phenoxy) is 4. The molecular formula is C20H30ClNO5. The number of carbonyl (C=O) groups is 1. The lowest BCUT2D eigenvalue weighted by molar-refractivity contribution is -0.164. The average molecular weight is 400 g/mol. The van der Waals surface area contributed by atoms with Crippen LogP contribution in [0.3, 0.4) is 0 Å². The molecule has 1 aliphatic carbocycles. The molecule has 1 aromatic rings. The molecule has 6 nitrogen and oxygen atoms in total. The van der Waals surface area contributed by atoms with Crippen LogP contribution in [0.2, 0.25) is 0 Å². The molecule has 0 bridgehead atoms. The van der Waals surface area contributed by atoms with E-state index in [1.807, 2.05) is 31.2 Å². The fourth-order valence-corrected chi connectivity index (χ4v) is 3.14. The normalized spacial score (nSPS) is 28.9. The first kappa shape index (κ1) is 22.0. The molecule has 0 aromatic heterocycles. The molecule has 2 fully saturated rings. The average Bonchev–Trinajstić information content (AvgIpc) is 3.45. The zero-order valence-electron chi connectivity index (χ0n) is 16.0. The number of nitrogens with two attached hydrogens (primary N) is 1. The van der Waals surface area contributed by atoms with E-state index in [4.69, 9.17) is 24.7 Å². The second kappa shape index (κ2) is 10.3. The predicted octanol–water partition coefficient (Wildman–Crippen LogP) is 2.50. The summed E-state index contributed by atoms with van der Waals surface area (Å²) in [6.45, 7) is 2.95. The van der Waals surface area contributed by atoms with Crippen LogP contribution in [-0.2, 0) is 25.4 Å². The molecule has 2 N–H and O–H groups in total. The van der Waals surface area contributed by atoms with Gasteiger partial charge in [-0.3, -0.25) is 4.79 Å². The molecule has 0 spiro atoms. The van der Waals surface area contributed by atoms with Crippen LogP contribution in [0.1, 0.15) is 31.7 Å². The fourth-order valence-electron chi connectivity index (χ4n) is 3.14. The van der Waals surface area contributed by atoms with Crippen molar-refractivity contribution in [3.05, 3.63) is 29.8 Å². The third kappa shape index (κ3) is 6.35. The first-order valence-corrected chi connectivity index (χ1v) is 9.39. The van der Waals surface area contributed by atoms with E-state index in [2.05, 4.69) is 0 Å². The number of cyclic esters (lactones) is 1. The number of methoxy groups -OCH3 is 1. The number of rotatable bonds is 6. The first-order chi connectivity index (χ1) is 12.6. The van der Waals surface area contributed by atoms with Crippen LogP contribution in [0.4, 0.5) is 0 Å². The van der Waals surface area contributed by atoms with Crippen LogP contribution in [0.5, 0.6) is 5.75 Å². The SMILES string of the molecule is COc1ccc(C[C@H]2OCC[C@H](N)C(=O)O[C@@H](C)[C@@H]2OCC2CC2)cc1.Cl. The van der Waals surface area contributed by atoms with E-state index < -0.39 is 12.1 Å². The van der Waals surface area contributed by atoms with E-state index >= 15 is 0 Å². The minimum absolute atomic E-state index is 0. The molecule has 152 valence electrons. The van der Waals surface area contributed by atoms with Crippen molar-refractivity contribution in [2.75, 3.05) is 20.3 Å². The van der Waals surface area contributed by atoms with Gasteiger partial charge in [-0.05, 0) is 49.8 Å².